The molecule has 1 fully saturated rings. The molecule has 0 aromatic carbocycles. The highest BCUT2D eigenvalue weighted by atomic mass is 14.5. The van der Waals surface area contributed by atoms with E-state index < -0.39 is 0 Å². The van der Waals surface area contributed by atoms with Gasteiger partial charge in [0.25, 0.3) is 0 Å². The third-order valence-corrected chi connectivity index (χ3v) is 2.87. The molecule has 1 atom stereocenters. The second-order valence-electron chi connectivity index (χ2n) is 4.39. The van der Waals surface area contributed by atoms with Crippen molar-refractivity contribution in [2.45, 2.75) is 52.9 Å². The molecule has 1 nitrogen and oxygen atoms in total. The monoisotopic (exact) mass is 157 g/mol. The number of hydrogen-bond acceptors (Lipinski definition) is 1. The van der Waals surface area contributed by atoms with Crippen molar-refractivity contribution in [1.82, 2.24) is 6.15 Å². The van der Waals surface area contributed by atoms with Crippen LogP contribution in [-0.4, -0.2) is 0 Å². The summed E-state index contributed by atoms with van der Waals surface area (Å²) >= 11 is 0. The summed E-state index contributed by atoms with van der Waals surface area (Å²) in [4.78, 5) is 0. The van der Waals surface area contributed by atoms with Crippen molar-refractivity contribution in [2.24, 2.45) is 11.3 Å². The van der Waals surface area contributed by atoms with Gasteiger partial charge in [-0.2, -0.15) is 0 Å². The molecule has 1 aliphatic carbocycles. The first kappa shape index (κ1) is 11.0. The number of rotatable bonds is 4. The Morgan fingerprint density at radius 3 is 2.18 bits per heavy atom. The highest BCUT2D eigenvalue weighted by Gasteiger charge is 2.44. The van der Waals surface area contributed by atoms with Crippen molar-refractivity contribution in [1.29, 1.82) is 0 Å². The molecule has 0 heterocycles. The fraction of sp³-hybridized carbons (Fsp3) is 1.00. The lowest BCUT2D eigenvalue weighted by Gasteiger charge is -2.01. The lowest BCUT2D eigenvalue weighted by Crippen LogP contribution is -1.89. The zero-order chi connectivity index (χ0) is 7.61. The minimum atomic E-state index is 0. The third kappa shape index (κ3) is 3.24. The molecule has 0 saturated heterocycles. The fourth-order valence-corrected chi connectivity index (χ4v) is 1.71. The summed E-state index contributed by atoms with van der Waals surface area (Å²) in [5, 5.41) is 0. The molecule has 1 aliphatic rings. The Morgan fingerprint density at radius 2 is 1.82 bits per heavy atom. The zero-order valence-electron chi connectivity index (χ0n) is 8.32. The minimum absolute atomic E-state index is 0. The normalized spacial score (nSPS) is 25.9. The van der Waals surface area contributed by atoms with Crippen LogP contribution < -0.4 is 6.15 Å². The number of hydrogen-bond donors (Lipinski definition) is 1. The highest BCUT2D eigenvalue weighted by Crippen LogP contribution is 2.54. The maximum atomic E-state index is 2.39. The van der Waals surface area contributed by atoms with Gasteiger partial charge in [-0.05, 0) is 24.2 Å². The summed E-state index contributed by atoms with van der Waals surface area (Å²) in [6.45, 7) is 7.06. The van der Waals surface area contributed by atoms with Crippen LogP contribution in [0.25, 0.3) is 0 Å². The zero-order valence-corrected chi connectivity index (χ0v) is 8.32. The predicted molar refractivity (Wildman–Crippen MR) is 51.1 cm³/mol. The standard InChI is InChI=1S/C10H20.H3N/c1-4-5-6-7-9-8-10(9,2)3;/h9H,4-8H2,1-3H3;1H3. The first-order valence-electron chi connectivity index (χ1n) is 4.67. The fourth-order valence-electron chi connectivity index (χ4n) is 1.71. The molecule has 0 aliphatic heterocycles. The van der Waals surface area contributed by atoms with Gasteiger partial charge in [0, 0.05) is 0 Å². The molecule has 1 heteroatoms. The maximum absolute atomic E-state index is 2.39. The summed E-state index contributed by atoms with van der Waals surface area (Å²) in [7, 11) is 0. The van der Waals surface area contributed by atoms with Crippen LogP contribution in [0.3, 0.4) is 0 Å². The Kier molecular flexibility index (Phi) is 4.09. The smallest absolute Gasteiger partial charge is 0.0323 e. The molecular weight excluding hydrogens is 134 g/mol. The van der Waals surface area contributed by atoms with E-state index in [1.165, 1.54) is 32.1 Å². The van der Waals surface area contributed by atoms with Crippen LogP contribution in [0.4, 0.5) is 0 Å². The summed E-state index contributed by atoms with van der Waals surface area (Å²) in [5.41, 5.74) is 0.716. The molecule has 0 radical (unpaired) electrons. The molecule has 1 saturated carbocycles. The van der Waals surface area contributed by atoms with E-state index in [1.807, 2.05) is 0 Å². The topological polar surface area (TPSA) is 35.0 Å². The van der Waals surface area contributed by atoms with Crippen LogP contribution >= 0.6 is 0 Å². The van der Waals surface area contributed by atoms with Crippen LogP contribution in [0.5, 0.6) is 0 Å². The van der Waals surface area contributed by atoms with Crippen molar-refractivity contribution in [3.63, 3.8) is 0 Å². The summed E-state index contributed by atoms with van der Waals surface area (Å²) < 4.78 is 0. The number of unbranched alkanes of at least 4 members (excludes halogenated alkanes) is 2. The molecule has 0 aromatic rings. The first-order valence-corrected chi connectivity index (χ1v) is 4.67. The molecule has 1 rings (SSSR count). The van der Waals surface area contributed by atoms with Crippen molar-refractivity contribution >= 4 is 0 Å². The van der Waals surface area contributed by atoms with Gasteiger partial charge >= 0.3 is 0 Å². The van der Waals surface area contributed by atoms with Gasteiger partial charge in [-0.3, -0.25) is 0 Å². The van der Waals surface area contributed by atoms with E-state index in [0.29, 0.717) is 5.41 Å². The van der Waals surface area contributed by atoms with Crippen LogP contribution in [0.15, 0.2) is 0 Å². The summed E-state index contributed by atoms with van der Waals surface area (Å²) in [6.07, 6.45) is 7.24. The third-order valence-electron chi connectivity index (χ3n) is 2.87. The lowest BCUT2D eigenvalue weighted by molar-refractivity contribution is 0.507. The maximum Gasteiger partial charge on any atom is -0.0323 e. The Labute approximate surface area is 71.2 Å². The van der Waals surface area contributed by atoms with Gasteiger partial charge in [-0.1, -0.05) is 40.0 Å². The molecular formula is C10H23N. The molecule has 68 valence electrons. The Hall–Kier alpha value is -0.0400. The van der Waals surface area contributed by atoms with Crippen molar-refractivity contribution in [3.05, 3.63) is 0 Å². The second kappa shape index (κ2) is 4.10. The van der Waals surface area contributed by atoms with E-state index >= 15 is 0 Å². The lowest BCUT2D eigenvalue weighted by atomic mass is 10.0. The molecule has 0 aromatic heterocycles. The van der Waals surface area contributed by atoms with Crippen LogP contribution in [0.1, 0.15) is 52.9 Å². The van der Waals surface area contributed by atoms with E-state index in [-0.39, 0.29) is 6.15 Å². The first-order chi connectivity index (χ1) is 4.67. The van der Waals surface area contributed by atoms with Crippen molar-refractivity contribution in [2.75, 3.05) is 0 Å². The molecule has 3 N–H and O–H groups in total. The SMILES string of the molecule is CCCCCC1CC1(C)C.N. The highest BCUT2D eigenvalue weighted by molar-refractivity contribution is 4.94. The molecule has 0 amide bonds. The van der Waals surface area contributed by atoms with Crippen molar-refractivity contribution in [3.8, 4) is 0 Å². The largest absolute Gasteiger partial charge is 0.344 e. The van der Waals surface area contributed by atoms with Gasteiger partial charge in [0.15, 0.2) is 0 Å². The average molecular weight is 157 g/mol. The minimum Gasteiger partial charge on any atom is -0.344 e. The van der Waals surface area contributed by atoms with E-state index in [9.17, 15) is 0 Å². The van der Waals surface area contributed by atoms with Gasteiger partial charge in [-0.15, -0.1) is 0 Å². The second-order valence-corrected chi connectivity index (χ2v) is 4.39. The predicted octanol–water partition coefficient (Wildman–Crippen LogP) is 3.77. The molecule has 1 unspecified atom stereocenters. The van der Waals surface area contributed by atoms with E-state index in [2.05, 4.69) is 20.8 Å². The summed E-state index contributed by atoms with van der Waals surface area (Å²) in [6, 6.07) is 0. The van der Waals surface area contributed by atoms with Gasteiger partial charge in [0.1, 0.15) is 0 Å². The van der Waals surface area contributed by atoms with Gasteiger partial charge in [0.05, 0.1) is 0 Å². The molecule has 0 bridgehead atoms. The average Bonchev–Trinajstić information content (AvgIpc) is 2.41. The van der Waals surface area contributed by atoms with E-state index in [4.69, 9.17) is 0 Å². The van der Waals surface area contributed by atoms with Crippen LogP contribution in [0.2, 0.25) is 0 Å². The van der Waals surface area contributed by atoms with Crippen LogP contribution in [0, 0.1) is 11.3 Å². The Morgan fingerprint density at radius 1 is 1.27 bits per heavy atom. The van der Waals surface area contributed by atoms with E-state index in [1.54, 1.807) is 0 Å². The quantitative estimate of drug-likeness (QED) is 0.619. The Bertz CT molecular complexity index is 107. The molecule has 11 heavy (non-hydrogen) atoms. The van der Waals surface area contributed by atoms with Crippen LogP contribution in [-0.2, 0) is 0 Å². The van der Waals surface area contributed by atoms with Gasteiger partial charge < -0.3 is 6.15 Å². The molecule has 0 spiro atoms. The van der Waals surface area contributed by atoms with Crippen molar-refractivity contribution < 1.29 is 0 Å². The van der Waals surface area contributed by atoms with Gasteiger partial charge in [-0.25, -0.2) is 0 Å². The summed E-state index contributed by atoms with van der Waals surface area (Å²) in [5.74, 6) is 1.07. The van der Waals surface area contributed by atoms with Gasteiger partial charge in [0.2, 0.25) is 0 Å². The Balaban J connectivity index is 0.000001000. The van der Waals surface area contributed by atoms with E-state index in [0.717, 1.165) is 5.92 Å².